The van der Waals surface area contributed by atoms with Gasteiger partial charge in [0.05, 0.1) is 49.4 Å². The van der Waals surface area contributed by atoms with Crippen LogP contribution >= 0.6 is 0 Å². The SMILES string of the molecule is CCOc1nc(N[C@H]2CCN(C3COC3)C[C@H]2F)nn2cc(F)c(-c3ccc4nnn(CC(F)F)c4n3)c12. The Kier molecular flexibility index (Phi) is 6.47. The summed E-state index contributed by atoms with van der Waals surface area (Å²) < 4.78 is 69.4. The number of hydrogen-bond donors (Lipinski definition) is 1. The van der Waals surface area contributed by atoms with Gasteiger partial charge in [0.2, 0.25) is 11.8 Å². The van der Waals surface area contributed by atoms with Gasteiger partial charge < -0.3 is 14.8 Å². The van der Waals surface area contributed by atoms with E-state index >= 15 is 8.78 Å². The number of fused-ring (bicyclic) bond motifs is 2. The Balaban J connectivity index is 1.33. The Bertz CT molecular complexity index is 1460. The van der Waals surface area contributed by atoms with Crippen LogP contribution in [-0.4, -0.2) is 97.1 Å². The largest absolute Gasteiger partial charge is 0.476 e. The highest BCUT2D eigenvalue weighted by atomic mass is 19.3. The predicted octanol–water partition coefficient (Wildman–Crippen LogP) is 2.56. The zero-order chi connectivity index (χ0) is 26.4. The molecule has 2 aliphatic heterocycles. The predicted molar refractivity (Wildman–Crippen MR) is 128 cm³/mol. The van der Waals surface area contributed by atoms with Crippen LogP contribution in [0.2, 0.25) is 0 Å². The van der Waals surface area contributed by atoms with E-state index in [1.54, 1.807) is 6.92 Å². The minimum Gasteiger partial charge on any atom is -0.476 e. The first-order valence-corrected chi connectivity index (χ1v) is 12.3. The molecule has 2 saturated heterocycles. The van der Waals surface area contributed by atoms with Crippen molar-refractivity contribution in [1.82, 2.24) is 39.5 Å². The van der Waals surface area contributed by atoms with Crippen LogP contribution in [0.4, 0.5) is 23.5 Å². The van der Waals surface area contributed by atoms with Crippen molar-refractivity contribution in [3.63, 3.8) is 0 Å². The molecule has 4 aromatic rings. The molecule has 15 heteroatoms. The average Bonchev–Trinajstić information content (AvgIpc) is 3.39. The lowest BCUT2D eigenvalue weighted by atomic mass is 10.0. The van der Waals surface area contributed by atoms with Crippen LogP contribution in [0.15, 0.2) is 18.3 Å². The molecule has 202 valence electrons. The number of piperidine rings is 1. The molecule has 0 saturated carbocycles. The maximum Gasteiger partial charge on any atom is 0.258 e. The van der Waals surface area contributed by atoms with E-state index in [-0.39, 0.29) is 53.4 Å². The number of nitrogens with one attached hydrogen (secondary N) is 1. The van der Waals surface area contributed by atoms with Crippen molar-refractivity contribution in [2.24, 2.45) is 0 Å². The normalized spacial score (nSPS) is 20.9. The van der Waals surface area contributed by atoms with Gasteiger partial charge in [-0.1, -0.05) is 5.21 Å². The van der Waals surface area contributed by atoms with E-state index in [2.05, 4.69) is 35.6 Å². The number of pyridine rings is 1. The van der Waals surface area contributed by atoms with Gasteiger partial charge >= 0.3 is 0 Å². The number of likely N-dealkylation sites (tertiary alicyclic amines) is 1. The third-order valence-corrected chi connectivity index (χ3v) is 6.78. The molecular formula is C23H25F4N9O2. The van der Waals surface area contributed by atoms with Gasteiger partial charge in [0, 0.05) is 13.1 Å². The molecule has 11 nitrogen and oxygen atoms in total. The number of aromatic nitrogens is 7. The number of alkyl halides is 3. The van der Waals surface area contributed by atoms with Gasteiger partial charge in [-0.3, -0.25) is 4.90 Å². The second-order valence-corrected chi connectivity index (χ2v) is 9.26. The Morgan fingerprint density at radius 1 is 1.24 bits per heavy atom. The fourth-order valence-corrected chi connectivity index (χ4v) is 4.83. The summed E-state index contributed by atoms with van der Waals surface area (Å²) in [6.45, 7) is 3.51. The van der Waals surface area contributed by atoms with Crippen molar-refractivity contribution in [2.45, 2.75) is 44.6 Å². The van der Waals surface area contributed by atoms with Crippen LogP contribution in [0.3, 0.4) is 0 Å². The lowest BCUT2D eigenvalue weighted by Crippen LogP contribution is -2.57. The van der Waals surface area contributed by atoms with Crippen molar-refractivity contribution in [2.75, 3.05) is 38.2 Å². The summed E-state index contributed by atoms with van der Waals surface area (Å²) in [6, 6.07) is 2.77. The summed E-state index contributed by atoms with van der Waals surface area (Å²) in [5, 5.41) is 15.0. The number of nitrogens with zero attached hydrogens (tertiary/aromatic N) is 8. The molecule has 0 spiro atoms. The molecule has 0 aliphatic carbocycles. The summed E-state index contributed by atoms with van der Waals surface area (Å²) in [4.78, 5) is 10.9. The molecule has 2 fully saturated rings. The van der Waals surface area contributed by atoms with Crippen LogP contribution < -0.4 is 10.1 Å². The first kappa shape index (κ1) is 24.7. The van der Waals surface area contributed by atoms with Crippen molar-refractivity contribution < 1.29 is 27.0 Å². The van der Waals surface area contributed by atoms with E-state index in [1.165, 1.54) is 16.6 Å². The number of halogens is 4. The molecule has 2 aliphatic rings. The maximum atomic E-state index is 15.3. The molecule has 6 heterocycles. The zero-order valence-corrected chi connectivity index (χ0v) is 20.4. The fraction of sp³-hybridized carbons (Fsp3) is 0.522. The van der Waals surface area contributed by atoms with Gasteiger partial charge in [0.1, 0.15) is 23.7 Å². The minimum absolute atomic E-state index is 0.0334. The number of rotatable bonds is 8. The molecule has 0 aromatic carbocycles. The second kappa shape index (κ2) is 9.94. The van der Waals surface area contributed by atoms with Crippen molar-refractivity contribution in [1.29, 1.82) is 0 Å². The molecule has 1 N–H and O–H groups in total. The molecule has 4 aromatic heterocycles. The molecule has 6 rings (SSSR count). The van der Waals surface area contributed by atoms with E-state index < -0.39 is 31.0 Å². The summed E-state index contributed by atoms with van der Waals surface area (Å²) in [5.41, 5.74) is 0.768. The molecule has 0 bridgehead atoms. The van der Waals surface area contributed by atoms with Gasteiger partial charge in [-0.25, -0.2) is 31.7 Å². The van der Waals surface area contributed by atoms with E-state index in [4.69, 9.17) is 9.47 Å². The Hall–Kier alpha value is -3.59. The molecule has 2 atom stereocenters. The van der Waals surface area contributed by atoms with E-state index in [9.17, 15) is 8.78 Å². The van der Waals surface area contributed by atoms with Crippen molar-refractivity contribution >= 4 is 22.6 Å². The molecule has 38 heavy (non-hydrogen) atoms. The summed E-state index contributed by atoms with van der Waals surface area (Å²) in [6.07, 6.45) is -2.13. The highest BCUT2D eigenvalue weighted by molar-refractivity contribution is 5.86. The standard InChI is InChI=1S/C23H25F4N9O2/c1-2-38-22-20-19(16-3-4-17-21(28-16)36(33-31-17)9-18(26)27)14(25)8-35(20)32-23(30-22)29-15-5-6-34(7-13(15)24)12-10-37-11-12/h3-4,8,12-13,15,18H,2,5-7,9-11H2,1H3,(H,29,32)/t13-,15+/m1/s1. The third-order valence-electron chi connectivity index (χ3n) is 6.78. The number of anilines is 1. The summed E-state index contributed by atoms with van der Waals surface area (Å²) in [7, 11) is 0. The first-order valence-electron chi connectivity index (χ1n) is 12.3. The van der Waals surface area contributed by atoms with E-state index in [0.29, 0.717) is 31.7 Å². The minimum atomic E-state index is -2.66. The highest BCUT2D eigenvalue weighted by Gasteiger charge is 2.36. The van der Waals surface area contributed by atoms with Gasteiger partial charge in [0.15, 0.2) is 11.5 Å². The number of ether oxygens (including phenoxy) is 2. The maximum absolute atomic E-state index is 15.3. The summed E-state index contributed by atoms with van der Waals surface area (Å²) in [5.74, 6) is -0.501. The van der Waals surface area contributed by atoms with E-state index in [0.717, 1.165) is 10.9 Å². The van der Waals surface area contributed by atoms with Gasteiger partial charge in [0.25, 0.3) is 6.43 Å². The van der Waals surface area contributed by atoms with Crippen LogP contribution in [0.5, 0.6) is 5.88 Å². The zero-order valence-electron chi connectivity index (χ0n) is 20.4. The highest BCUT2D eigenvalue weighted by Crippen LogP contribution is 2.34. The smallest absolute Gasteiger partial charge is 0.258 e. The van der Waals surface area contributed by atoms with Gasteiger partial charge in [-0.05, 0) is 25.5 Å². The van der Waals surface area contributed by atoms with Crippen LogP contribution in [0, 0.1) is 5.82 Å². The van der Waals surface area contributed by atoms with Crippen LogP contribution in [0.25, 0.3) is 27.9 Å². The molecule has 0 radical (unpaired) electrons. The Morgan fingerprint density at radius 2 is 2.08 bits per heavy atom. The molecule has 0 unspecified atom stereocenters. The van der Waals surface area contributed by atoms with Crippen LogP contribution in [-0.2, 0) is 11.3 Å². The Morgan fingerprint density at radius 3 is 2.79 bits per heavy atom. The molecular weight excluding hydrogens is 510 g/mol. The third kappa shape index (κ3) is 4.49. The number of hydrogen-bond acceptors (Lipinski definition) is 9. The van der Waals surface area contributed by atoms with Gasteiger partial charge in [-0.2, -0.15) is 4.98 Å². The van der Waals surface area contributed by atoms with Crippen LogP contribution in [0.1, 0.15) is 13.3 Å². The van der Waals surface area contributed by atoms with E-state index in [1.807, 2.05) is 0 Å². The topological polar surface area (TPSA) is 108 Å². The molecule has 0 amide bonds. The lowest BCUT2D eigenvalue weighted by molar-refractivity contribution is -0.0794. The van der Waals surface area contributed by atoms with Crippen molar-refractivity contribution in [3.8, 4) is 17.1 Å². The fourth-order valence-electron chi connectivity index (χ4n) is 4.83. The summed E-state index contributed by atoms with van der Waals surface area (Å²) >= 11 is 0. The van der Waals surface area contributed by atoms with Gasteiger partial charge in [-0.15, -0.1) is 10.2 Å². The first-order chi connectivity index (χ1) is 18.4. The average molecular weight is 536 g/mol. The van der Waals surface area contributed by atoms with Crippen molar-refractivity contribution in [3.05, 3.63) is 24.1 Å². The monoisotopic (exact) mass is 535 g/mol. The Labute approximate surface area is 213 Å². The lowest BCUT2D eigenvalue weighted by Gasteiger charge is -2.42. The second-order valence-electron chi connectivity index (χ2n) is 9.26. The quantitative estimate of drug-likeness (QED) is 0.341.